The summed E-state index contributed by atoms with van der Waals surface area (Å²) in [4.78, 5) is 13.9. The van der Waals surface area contributed by atoms with Gasteiger partial charge >= 0.3 is 0 Å². The van der Waals surface area contributed by atoms with Crippen LogP contribution in [-0.2, 0) is 14.8 Å². The summed E-state index contributed by atoms with van der Waals surface area (Å²) in [6.45, 7) is 0.796. The molecular weight excluding hydrogens is 381 g/mol. The molecule has 2 aromatic carbocycles. The van der Waals surface area contributed by atoms with Crippen LogP contribution < -0.4 is 5.32 Å². The van der Waals surface area contributed by atoms with E-state index in [0.29, 0.717) is 23.5 Å². The first-order chi connectivity index (χ1) is 13.3. The molecule has 0 radical (unpaired) electrons. The van der Waals surface area contributed by atoms with Crippen LogP contribution in [0.5, 0.6) is 0 Å². The second kappa shape index (κ2) is 8.35. The van der Waals surface area contributed by atoms with Crippen LogP contribution in [0.15, 0.2) is 63.9 Å². The van der Waals surface area contributed by atoms with Crippen LogP contribution in [0.2, 0.25) is 0 Å². The maximum Gasteiger partial charge on any atom is 0.283 e. The van der Waals surface area contributed by atoms with Gasteiger partial charge in [-0.2, -0.15) is 8.42 Å². The second-order valence-corrected chi connectivity index (χ2v) is 8.01. The molecule has 146 valence electrons. The fraction of sp³-hybridized carbons (Fsp3) is 0.200. The zero-order valence-corrected chi connectivity index (χ0v) is 16.1. The van der Waals surface area contributed by atoms with Crippen molar-refractivity contribution < 1.29 is 17.6 Å². The van der Waals surface area contributed by atoms with Gasteiger partial charge in [0.2, 0.25) is 5.91 Å². The highest BCUT2D eigenvalue weighted by Gasteiger charge is 2.20. The van der Waals surface area contributed by atoms with Crippen LogP contribution in [0, 0.1) is 5.82 Å². The molecule has 3 rings (SSSR count). The number of carbonyl (C=O) groups excluding carboxylic acids is 1. The summed E-state index contributed by atoms with van der Waals surface area (Å²) in [6.07, 6.45) is 4.41. The summed E-state index contributed by atoms with van der Waals surface area (Å²) in [6, 6.07) is 11.6. The van der Waals surface area contributed by atoms with Crippen molar-refractivity contribution in [2.75, 3.05) is 18.9 Å². The van der Waals surface area contributed by atoms with Crippen LogP contribution in [0.25, 0.3) is 6.08 Å². The Kier molecular flexibility index (Phi) is 5.89. The number of amides is 1. The third-order valence-electron chi connectivity index (χ3n) is 4.28. The minimum Gasteiger partial charge on any atom is -0.362 e. The van der Waals surface area contributed by atoms with Crippen LogP contribution >= 0.6 is 0 Å². The van der Waals surface area contributed by atoms with Crippen molar-refractivity contribution in [3.8, 4) is 0 Å². The van der Waals surface area contributed by atoms with Gasteiger partial charge in [0.15, 0.2) is 0 Å². The van der Waals surface area contributed by atoms with Gasteiger partial charge in [-0.05, 0) is 54.5 Å². The lowest BCUT2D eigenvalue weighted by Crippen LogP contribution is -2.20. The molecule has 1 aliphatic rings. The molecule has 1 aliphatic heterocycles. The zero-order valence-electron chi connectivity index (χ0n) is 15.3. The van der Waals surface area contributed by atoms with Gasteiger partial charge in [-0.1, -0.05) is 12.1 Å². The Morgan fingerprint density at radius 3 is 2.43 bits per heavy atom. The summed E-state index contributed by atoms with van der Waals surface area (Å²) in [5.74, 6) is -0.169. The van der Waals surface area contributed by atoms with Crippen LogP contribution in [0.3, 0.4) is 0 Å². The molecule has 1 saturated heterocycles. The molecule has 6 nitrogen and oxygen atoms in total. The smallest absolute Gasteiger partial charge is 0.283 e. The van der Waals surface area contributed by atoms with Gasteiger partial charge < -0.3 is 10.2 Å². The average molecular weight is 401 g/mol. The summed E-state index contributed by atoms with van der Waals surface area (Å²) >= 11 is 0. The Morgan fingerprint density at radius 2 is 1.82 bits per heavy atom. The van der Waals surface area contributed by atoms with Crippen molar-refractivity contribution in [2.24, 2.45) is 4.40 Å². The van der Waals surface area contributed by atoms with E-state index >= 15 is 0 Å². The highest BCUT2D eigenvalue weighted by molar-refractivity contribution is 7.90. The first-order valence-electron chi connectivity index (χ1n) is 8.73. The highest BCUT2D eigenvalue weighted by atomic mass is 32.2. The number of benzene rings is 2. The van der Waals surface area contributed by atoms with E-state index < -0.39 is 10.0 Å². The fourth-order valence-corrected chi connectivity index (χ4v) is 3.83. The van der Waals surface area contributed by atoms with Gasteiger partial charge in [0, 0.05) is 31.8 Å². The number of likely N-dealkylation sites (tertiary alicyclic amines) is 1. The van der Waals surface area contributed by atoms with E-state index in [4.69, 9.17) is 0 Å². The van der Waals surface area contributed by atoms with Crippen molar-refractivity contribution in [1.29, 1.82) is 0 Å². The molecule has 0 aliphatic carbocycles. The van der Waals surface area contributed by atoms with Crippen molar-refractivity contribution in [2.45, 2.75) is 17.7 Å². The number of amidine groups is 1. The second-order valence-electron chi connectivity index (χ2n) is 6.41. The predicted octanol–water partition coefficient (Wildman–Crippen LogP) is 3.29. The number of anilines is 1. The minimum absolute atomic E-state index is 0.0696. The van der Waals surface area contributed by atoms with Crippen LogP contribution in [-0.4, -0.2) is 38.7 Å². The molecule has 2 aromatic rings. The lowest BCUT2D eigenvalue weighted by molar-refractivity contribution is -0.111. The molecule has 0 spiro atoms. The molecule has 0 saturated carbocycles. The number of nitrogens with one attached hydrogen (secondary N) is 1. The monoisotopic (exact) mass is 401 g/mol. The molecule has 1 N–H and O–H groups in total. The Morgan fingerprint density at radius 1 is 1.14 bits per heavy atom. The summed E-state index contributed by atoms with van der Waals surface area (Å²) in [5, 5.41) is 2.64. The maximum absolute atomic E-state index is 12.9. The third-order valence-corrected chi connectivity index (χ3v) is 5.60. The van der Waals surface area contributed by atoms with Gasteiger partial charge in [-0.15, -0.1) is 4.40 Å². The number of rotatable bonds is 5. The van der Waals surface area contributed by atoms with Gasteiger partial charge in [-0.3, -0.25) is 4.79 Å². The van der Waals surface area contributed by atoms with E-state index in [1.165, 1.54) is 42.5 Å². The van der Waals surface area contributed by atoms with Crippen molar-refractivity contribution in [1.82, 2.24) is 4.90 Å². The standard InChI is InChI=1S/C20H20FN3O3S/c1-24-14-2-3-19(24)23-28(26,27)18-11-9-17(10-12-18)22-20(25)13-6-15-4-7-16(21)8-5-15/h4-13H,2-3,14H2,1H3,(H,22,25). The summed E-state index contributed by atoms with van der Waals surface area (Å²) in [5.41, 5.74) is 1.15. The quantitative estimate of drug-likeness (QED) is 0.780. The average Bonchev–Trinajstić information content (AvgIpc) is 3.06. The molecule has 1 fully saturated rings. The first kappa shape index (κ1) is 19.8. The van der Waals surface area contributed by atoms with Crippen molar-refractivity contribution in [3.05, 3.63) is 66.0 Å². The van der Waals surface area contributed by atoms with Gasteiger partial charge in [0.05, 0.1) is 4.90 Å². The first-order valence-corrected chi connectivity index (χ1v) is 10.2. The lowest BCUT2D eigenvalue weighted by atomic mass is 10.2. The number of halogens is 1. The van der Waals surface area contributed by atoms with E-state index in [1.807, 2.05) is 11.9 Å². The Hall–Kier alpha value is -3.00. The number of carbonyl (C=O) groups is 1. The molecule has 28 heavy (non-hydrogen) atoms. The molecule has 8 heteroatoms. The van der Waals surface area contributed by atoms with Gasteiger partial charge in [0.25, 0.3) is 10.0 Å². The van der Waals surface area contributed by atoms with Gasteiger partial charge in [0.1, 0.15) is 11.7 Å². The molecule has 0 aromatic heterocycles. The fourth-order valence-electron chi connectivity index (χ4n) is 2.74. The molecule has 1 heterocycles. The number of sulfonamides is 1. The Labute approximate surface area is 163 Å². The number of nitrogens with zero attached hydrogens (tertiary/aromatic N) is 2. The number of hydrogen-bond donors (Lipinski definition) is 1. The predicted molar refractivity (Wildman–Crippen MR) is 107 cm³/mol. The highest BCUT2D eigenvalue weighted by Crippen LogP contribution is 2.19. The number of hydrogen-bond acceptors (Lipinski definition) is 3. The van der Waals surface area contributed by atoms with E-state index in [1.54, 1.807) is 18.2 Å². The molecule has 1 amide bonds. The van der Waals surface area contributed by atoms with Crippen molar-refractivity contribution >= 4 is 33.5 Å². The Bertz CT molecular complexity index is 1010. The van der Waals surface area contributed by atoms with Crippen LogP contribution in [0.4, 0.5) is 10.1 Å². The minimum atomic E-state index is -3.78. The normalized spacial score (nSPS) is 16.1. The maximum atomic E-state index is 12.9. The molecule has 0 atom stereocenters. The molecular formula is C20H20FN3O3S. The van der Waals surface area contributed by atoms with Crippen molar-refractivity contribution in [3.63, 3.8) is 0 Å². The zero-order chi connectivity index (χ0) is 20.1. The van der Waals surface area contributed by atoms with Crippen LogP contribution in [0.1, 0.15) is 18.4 Å². The van der Waals surface area contributed by atoms with E-state index in [9.17, 15) is 17.6 Å². The Balaban J connectivity index is 1.65. The summed E-state index contributed by atoms with van der Waals surface area (Å²) in [7, 11) is -1.96. The largest absolute Gasteiger partial charge is 0.362 e. The van der Waals surface area contributed by atoms with E-state index in [0.717, 1.165) is 13.0 Å². The molecule has 0 bridgehead atoms. The SMILES string of the molecule is CN1CCCC1=NS(=O)(=O)c1ccc(NC(=O)C=Cc2ccc(F)cc2)cc1. The summed E-state index contributed by atoms with van der Waals surface area (Å²) < 4.78 is 41.6. The molecule has 0 unspecified atom stereocenters. The third kappa shape index (κ3) is 5.04. The van der Waals surface area contributed by atoms with E-state index in [2.05, 4.69) is 9.71 Å². The topological polar surface area (TPSA) is 78.8 Å². The van der Waals surface area contributed by atoms with Gasteiger partial charge in [-0.25, -0.2) is 4.39 Å². The van der Waals surface area contributed by atoms with E-state index in [-0.39, 0.29) is 16.6 Å². The lowest BCUT2D eigenvalue weighted by Gasteiger charge is -2.11.